The van der Waals surface area contributed by atoms with Crippen LogP contribution in [0.3, 0.4) is 0 Å². The van der Waals surface area contributed by atoms with Gasteiger partial charge in [-0.25, -0.2) is 8.78 Å². The summed E-state index contributed by atoms with van der Waals surface area (Å²) >= 11 is 5.68. The van der Waals surface area contributed by atoms with Gasteiger partial charge in [-0.15, -0.1) is 4.98 Å². The number of aromatic nitrogens is 3. The van der Waals surface area contributed by atoms with Crippen LogP contribution < -0.4 is 9.47 Å². The second-order valence-electron chi connectivity index (χ2n) is 4.01. The third-order valence-corrected chi connectivity index (χ3v) is 2.17. The van der Waals surface area contributed by atoms with E-state index in [1.165, 1.54) is 0 Å². The molecule has 0 aliphatic heterocycles. The Kier molecular flexibility index (Phi) is 4.29. The van der Waals surface area contributed by atoms with Crippen LogP contribution in [-0.4, -0.2) is 21.1 Å². The molecule has 2 aromatic rings. The van der Waals surface area contributed by atoms with E-state index in [0.29, 0.717) is 0 Å². The van der Waals surface area contributed by atoms with E-state index in [2.05, 4.69) is 15.0 Å². The molecular weight excluding hydrogens is 292 g/mol. The van der Waals surface area contributed by atoms with Gasteiger partial charge in [0.1, 0.15) is 5.82 Å². The first-order valence-electron chi connectivity index (χ1n) is 5.65. The molecule has 1 aromatic carbocycles. The van der Waals surface area contributed by atoms with Gasteiger partial charge >= 0.3 is 12.0 Å². The van der Waals surface area contributed by atoms with Crippen molar-refractivity contribution in [2.45, 2.75) is 20.0 Å². The number of nitrogens with zero attached hydrogens (tertiary/aromatic N) is 3. The van der Waals surface area contributed by atoms with Gasteiger partial charge in [0.25, 0.3) is 0 Å². The van der Waals surface area contributed by atoms with Crippen molar-refractivity contribution in [2.75, 3.05) is 0 Å². The standard InChI is InChI=1S/C12H10ClF2N3O2/c1-6(2)19-11-16-10(13)17-12(18-11)20-9-5-7(14)3-4-8(9)15/h3-6H,1-2H3. The highest BCUT2D eigenvalue weighted by molar-refractivity contribution is 6.28. The molecule has 8 heteroatoms. The van der Waals surface area contributed by atoms with E-state index in [9.17, 15) is 8.78 Å². The highest BCUT2D eigenvalue weighted by atomic mass is 35.5. The van der Waals surface area contributed by atoms with Crippen LogP contribution in [0, 0.1) is 11.6 Å². The Morgan fingerprint density at radius 1 is 1.10 bits per heavy atom. The maximum atomic E-state index is 13.4. The first-order valence-corrected chi connectivity index (χ1v) is 6.03. The van der Waals surface area contributed by atoms with Gasteiger partial charge in [-0.2, -0.15) is 9.97 Å². The SMILES string of the molecule is CC(C)Oc1nc(Cl)nc(Oc2cc(F)ccc2F)n1. The minimum atomic E-state index is -0.755. The smallest absolute Gasteiger partial charge is 0.329 e. The number of rotatable bonds is 4. The van der Waals surface area contributed by atoms with Crippen LogP contribution in [-0.2, 0) is 0 Å². The van der Waals surface area contributed by atoms with Crippen molar-refractivity contribution in [3.05, 3.63) is 35.1 Å². The third-order valence-electron chi connectivity index (χ3n) is 2.00. The molecule has 0 aliphatic carbocycles. The van der Waals surface area contributed by atoms with Crippen molar-refractivity contribution >= 4 is 11.6 Å². The number of hydrogen-bond acceptors (Lipinski definition) is 5. The number of ether oxygens (including phenoxy) is 2. The van der Waals surface area contributed by atoms with Gasteiger partial charge in [0, 0.05) is 6.07 Å². The van der Waals surface area contributed by atoms with E-state index < -0.39 is 11.6 Å². The quantitative estimate of drug-likeness (QED) is 0.866. The summed E-state index contributed by atoms with van der Waals surface area (Å²) in [5.41, 5.74) is 0. The number of benzene rings is 1. The van der Waals surface area contributed by atoms with E-state index in [1.54, 1.807) is 13.8 Å². The van der Waals surface area contributed by atoms with Gasteiger partial charge in [0.15, 0.2) is 11.6 Å². The molecular formula is C12H10ClF2N3O2. The lowest BCUT2D eigenvalue weighted by atomic mass is 10.3. The zero-order valence-electron chi connectivity index (χ0n) is 10.6. The summed E-state index contributed by atoms with van der Waals surface area (Å²) < 4.78 is 36.8. The molecule has 0 unspecified atom stereocenters. The summed E-state index contributed by atoms with van der Waals surface area (Å²) in [5.74, 6) is -1.77. The molecule has 0 amide bonds. The van der Waals surface area contributed by atoms with Crippen molar-refractivity contribution in [1.82, 2.24) is 15.0 Å². The van der Waals surface area contributed by atoms with Crippen LogP contribution in [0.15, 0.2) is 18.2 Å². The van der Waals surface area contributed by atoms with E-state index in [0.717, 1.165) is 18.2 Å². The van der Waals surface area contributed by atoms with Gasteiger partial charge in [-0.1, -0.05) is 0 Å². The van der Waals surface area contributed by atoms with E-state index in [4.69, 9.17) is 21.1 Å². The molecule has 0 spiro atoms. The Labute approximate surface area is 118 Å². The normalized spacial score (nSPS) is 10.7. The molecule has 106 valence electrons. The molecule has 0 atom stereocenters. The lowest BCUT2D eigenvalue weighted by molar-refractivity contribution is 0.218. The number of hydrogen-bond donors (Lipinski definition) is 0. The molecule has 0 radical (unpaired) electrons. The van der Waals surface area contributed by atoms with Gasteiger partial charge in [-0.3, -0.25) is 0 Å². The first-order chi connectivity index (χ1) is 9.44. The van der Waals surface area contributed by atoms with Gasteiger partial charge in [-0.05, 0) is 37.6 Å². The summed E-state index contributed by atoms with van der Waals surface area (Å²) in [7, 11) is 0. The predicted octanol–water partition coefficient (Wildman–Crippen LogP) is 3.38. The Morgan fingerprint density at radius 2 is 1.80 bits per heavy atom. The van der Waals surface area contributed by atoms with Crippen LogP contribution in [0.1, 0.15) is 13.8 Å². The lowest BCUT2D eigenvalue weighted by Crippen LogP contribution is -2.09. The summed E-state index contributed by atoms with van der Waals surface area (Å²) in [6.07, 6.45) is -0.188. The average molecular weight is 302 g/mol. The van der Waals surface area contributed by atoms with Crippen molar-refractivity contribution < 1.29 is 18.3 Å². The predicted molar refractivity (Wildman–Crippen MR) is 67.0 cm³/mol. The second-order valence-corrected chi connectivity index (χ2v) is 4.35. The fourth-order valence-corrected chi connectivity index (χ4v) is 1.42. The van der Waals surface area contributed by atoms with E-state index in [1.807, 2.05) is 0 Å². The Morgan fingerprint density at radius 3 is 2.50 bits per heavy atom. The summed E-state index contributed by atoms with van der Waals surface area (Å²) in [4.78, 5) is 11.2. The molecule has 5 nitrogen and oxygen atoms in total. The second kappa shape index (κ2) is 5.96. The van der Waals surface area contributed by atoms with Crippen molar-refractivity contribution in [3.8, 4) is 17.8 Å². The van der Waals surface area contributed by atoms with Gasteiger partial charge < -0.3 is 9.47 Å². The van der Waals surface area contributed by atoms with Gasteiger partial charge in [0.05, 0.1) is 6.10 Å². The highest BCUT2D eigenvalue weighted by Gasteiger charge is 2.12. The van der Waals surface area contributed by atoms with Crippen LogP contribution in [0.4, 0.5) is 8.78 Å². The van der Waals surface area contributed by atoms with Crippen molar-refractivity contribution in [2.24, 2.45) is 0 Å². The third kappa shape index (κ3) is 3.74. The van der Waals surface area contributed by atoms with E-state index in [-0.39, 0.29) is 29.2 Å². The monoisotopic (exact) mass is 301 g/mol. The molecule has 1 heterocycles. The topological polar surface area (TPSA) is 57.1 Å². The molecule has 1 aromatic heterocycles. The van der Waals surface area contributed by atoms with Crippen LogP contribution in [0.2, 0.25) is 5.28 Å². The number of halogens is 3. The van der Waals surface area contributed by atoms with Crippen LogP contribution in [0.25, 0.3) is 0 Å². The Bertz CT molecular complexity index is 626. The minimum absolute atomic E-state index is 0.0631. The molecule has 0 fully saturated rings. The molecule has 0 aliphatic rings. The Hall–Kier alpha value is -2.02. The van der Waals surface area contributed by atoms with Crippen LogP contribution in [0.5, 0.6) is 17.8 Å². The molecule has 0 saturated carbocycles. The zero-order valence-corrected chi connectivity index (χ0v) is 11.4. The lowest BCUT2D eigenvalue weighted by Gasteiger charge is -2.09. The summed E-state index contributed by atoms with van der Waals surface area (Å²) in [6, 6.07) is 2.42. The fourth-order valence-electron chi connectivity index (χ4n) is 1.28. The summed E-state index contributed by atoms with van der Waals surface area (Å²) in [5, 5.41) is -0.178. The molecule has 0 bridgehead atoms. The van der Waals surface area contributed by atoms with Crippen molar-refractivity contribution in [3.63, 3.8) is 0 Å². The van der Waals surface area contributed by atoms with E-state index >= 15 is 0 Å². The molecule has 0 N–H and O–H groups in total. The fraction of sp³-hybridized carbons (Fsp3) is 0.250. The highest BCUT2D eigenvalue weighted by Crippen LogP contribution is 2.24. The molecule has 20 heavy (non-hydrogen) atoms. The van der Waals surface area contributed by atoms with Gasteiger partial charge in [0.2, 0.25) is 5.28 Å². The summed E-state index contributed by atoms with van der Waals surface area (Å²) in [6.45, 7) is 3.54. The maximum Gasteiger partial charge on any atom is 0.329 e. The average Bonchev–Trinajstić information content (AvgIpc) is 2.32. The van der Waals surface area contributed by atoms with Crippen molar-refractivity contribution in [1.29, 1.82) is 0 Å². The largest absolute Gasteiger partial charge is 0.461 e. The molecule has 2 rings (SSSR count). The first kappa shape index (κ1) is 14.4. The maximum absolute atomic E-state index is 13.4. The zero-order chi connectivity index (χ0) is 14.7. The van der Waals surface area contributed by atoms with Crippen LogP contribution >= 0.6 is 11.6 Å². The Balaban J connectivity index is 2.28. The minimum Gasteiger partial charge on any atom is -0.461 e. The molecule has 0 saturated heterocycles.